The summed E-state index contributed by atoms with van der Waals surface area (Å²) in [5, 5.41) is 18.8. The molecule has 4 rings (SSSR count). The molecule has 0 unspecified atom stereocenters. The fourth-order valence-electron chi connectivity index (χ4n) is 3.85. The van der Waals surface area contributed by atoms with Crippen LogP contribution in [0.25, 0.3) is 10.9 Å². The first kappa shape index (κ1) is 19.0. The van der Waals surface area contributed by atoms with Crippen molar-refractivity contribution in [2.24, 2.45) is 5.92 Å². The minimum absolute atomic E-state index is 0.0966. The van der Waals surface area contributed by atoms with Crippen LogP contribution in [0.1, 0.15) is 37.7 Å². The monoisotopic (exact) mass is 392 g/mol. The van der Waals surface area contributed by atoms with Crippen molar-refractivity contribution in [2.75, 3.05) is 17.2 Å². The highest BCUT2D eigenvalue weighted by Gasteiger charge is 2.20. The van der Waals surface area contributed by atoms with E-state index in [1.54, 1.807) is 6.20 Å². The van der Waals surface area contributed by atoms with Gasteiger partial charge in [0, 0.05) is 24.7 Å². The quantitative estimate of drug-likeness (QED) is 0.449. The Balaban J connectivity index is 1.49. The number of benzene rings is 1. The summed E-state index contributed by atoms with van der Waals surface area (Å²) < 4.78 is 0. The van der Waals surface area contributed by atoms with Crippen molar-refractivity contribution >= 4 is 28.4 Å². The summed E-state index contributed by atoms with van der Waals surface area (Å²) in [5.41, 5.74) is 1.89. The van der Waals surface area contributed by atoms with Gasteiger partial charge in [-0.05, 0) is 36.5 Å². The van der Waals surface area contributed by atoms with Gasteiger partial charge in [0.1, 0.15) is 6.20 Å². The normalized spacial score (nSPS) is 14.6. The molecule has 0 saturated heterocycles. The Morgan fingerprint density at radius 1 is 1.07 bits per heavy atom. The molecule has 0 spiro atoms. The van der Waals surface area contributed by atoms with Crippen LogP contribution in [0.2, 0.25) is 0 Å². The van der Waals surface area contributed by atoms with E-state index in [1.165, 1.54) is 25.5 Å². The second kappa shape index (κ2) is 8.81. The fraction of sp³-hybridized carbons (Fsp3) is 0.381. The van der Waals surface area contributed by atoms with E-state index < -0.39 is 4.92 Å². The van der Waals surface area contributed by atoms with Gasteiger partial charge in [-0.15, -0.1) is 0 Å². The summed E-state index contributed by atoms with van der Waals surface area (Å²) in [6.45, 7) is 1.20. The first-order chi connectivity index (χ1) is 14.2. The van der Waals surface area contributed by atoms with Gasteiger partial charge in [-0.3, -0.25) is 15.1 Å². The zero-order valence-corrected chi connectivity index (χ0v) is 16.2. The molecule has 8 nitrogen and oxygen atoms in total. The first-order valence-corrected chi connectivity index (χ1v) is 10.0. The maximum atomic E-state index is 11.4. The largest absolute Gasteiger partial charge is 0.364 e. The molecule has 1 aliphatic rings. The molecule has 1 fully saturated rings. The van der Waals surface area contributed by atoms with Crippen molar-refractivity contribution in [3.05, 3.63) is 58.4 Å². The Morgan fingerprint density at radius 2 is 1.93 bits per heavy atom. The third-order valence-corrected chi connectivity index (χ3v) is 5.42. The lowest BCUT2D eigenvalue weighted by molar-refractivity contribution is -0.384. The van der Waals surface area contributed by atoms with Crippen molar-refractivity contribution in [1.29, 1.82) is 0 Å². The van der Waals surface area contributed by atoms with Gasteiger partial charge >= 0.3 is 5.69 Å². The van der Waals surface area contributed by atoms with E-state index in [2.05, 4.69) is 25.6 Å². The lowest BCUT2D eigenvalue weighted by Crippen LogP contribution is -2.19. The number of hydrogen-bond acceptors (Lipinski definition) is 7. The van der Waals surface area contributed by atoms with E-state index >= 15 is 0 Å². The van der Waals surface area contributed by atoms with Crippen LogP contribution in [0.15, 0.2) is 42.7 Å². The molecule has 150 valence electrons. The van der Waals surface area contributed by atoms with Gasteiger partial charge in [-0.2, -0.15) is 4.98 Å². The number of rotatable bonds is 7. The zero-order valence-electron chi connectivity index (χ0n) is 16.2. The average Bonchev–Trinajstić information content (AvgIpc) is 2.77. The Kier molecular flexibility index (Phi) is 5.79. The molecule has 0 bridgehead atoms. The third-order valence-electron chi connectivity index (χ3n) is 5.42. The van der Waals surface area contributed by atoms with Gasteiger partial charge in [0.25, 0.3) is 0 Å². The van der Waals surface area contributed by atoms with Gasteiger partial charge in [0.15, 0.2) is 0 Å². The standard InChI is InChI=1S/C21H24N6O2/c28-27(29)19-14-25-21(26-20(19)23-12-15-6-2-1-3-7-15)24-13-16-8-4-10-18-17(16)9-5-11-22-18/h4-5,8-11,14-15H,1-3,6-7,12-13H2,(H2,23,24,25,26). The Hall–Kier alpha value is -3.29. The molecule has 1 aromatic carbocycles. The van der Waals surface area contributed by atoms with Crippen LogP contribution < -0.4 is 10.6 Å². The van der Waals surface area contributed by atoms with Gasteiger partial charge in [-0.1, -0.05) is 37.5 Å². The number of pyridine rings is 1. The Bertz CT molecular complexity index is 998. The van der Waals surface area contributed by atoms with E-state index in [9.17, 15) is 10.1 Å². The van der Waals surface area contributed by atoms with Crippen LogP contribution in [0.3, 0.4) is 0 Å². The molecule has 2 N–H and O–H groups in total. The molecule has 0 radical (unpaired) electrons. The summed E-state index contributed by atoms with van der Waals surface area (Å²) in [6, 6.07) is 9.87. The Labute approximate surface area is 168 Å². The molecule has 1 aliphatic carbocycles. The highest BCUT2D eigenvalue weighted by atomic mass is 16.6. The maximum Gasteiger partial charge on any atom is 0.329 e. The summed E-state index contributed by atoms with van der Waals surface area (Å²) in [4.78, 5) is 23.8. The van der Waals surface area contributed by atoms with Gasteiger partial charge in [-0.25, -0.2) is 4.98 Å². The second-order valence-electron chi connectivity index (χ2n) is 7.41. The summed E-state index contributed by atoms with van der Waals surface area (Å²) >= 11 is 0. The SMILES string of the molecule is O=[N+]([O-])c1cnc(NCc2cccc3ncccc23)nc1NCC1CCCCC1. The van der Waals surface area contributed by atoms with E-state index in [1.807, 2.05) is 30.3 Å². The van der Waals surface area contributed by atoms with Gasteiger partial charge in [0.2, 0.25) is 11.8 Å². The van der Waals surface area contributed by atoms with Crippen LogP contribution in [0.5, 0.6) is 0 Å². The molecule has 0 amide bonds. The lowest BCUT2D eigenvalue weighted by atomic mass is 9.89. The summed E-state index contributed by atoms with van der Waals surface area (Å²) in [6.07, 6.45) is 9.09. The minimum Gasteiger partial charge on any atom is -0.364 e. The van der Waals surface area contributed by atoms with Crippen molar-refractivity contribution in [3.63, 3.8) is 0 Å². The molecule has 29 heavy (non-hydrogen) atoms. The van der Waals surface area contributed by atoms with E-state index in [0.717, 1.165) is 29.3 Å². The van der Waals surface area contributed by atoms with Crippen LogP contribution in [-0.4, -0.2) is 26.4 Å². The topological polar surface area (TPSA) is 106 Å². The van der Waals surface area contributed by atoms with Crippen LogP contribution in [0.4, 0.5) is 17.5 Å². The molecule has 2 aromatic heterocycles. The Morgan fingerprint density at radius 3 is 2.76 bits per heavy atom. The minimum atomic E-state index is -0.441. The van der Waals surface area contributed by atoms with E-state index in [0.29, 0.717) is 25.0 Å². The highest BCUT2D eigenvalue weighted by molar-refractivity contribution is 5.82. The summed E-state index contributed by atoms with van der Waals surface area (Å²) in [7, 11) is 0. The van der Waals surface area contributed by atoms with Crippen LogP contribution >= 0.6 is 0 Å². The average molecular weight is 392 g/mol. The van der Waals surface area contributed by atoms with Crippen molar-refractivity contribution in [3.8, 4) is 0 Å². The van der Waals surface area contributed by atoms with E-state index in [-0.39, 0.29) is 11.5 Å². The van der Waals surface area contributed by atoms with Crippen molar-refractivity contribution < 1.29 is 4.92 Å². The first-order valence-electron chi connectivity index (χ1n) is 10.0. The molecular weight excluding hydrogens is 368 g/mol. The van der Waals surface area contributed by atoms with Gasteiger partial charge < -0.3 is 10.6 Å². The number of aromatic nitrogens is 3. The molecule has 0 aliphatic heterocycles. The number of nitrogens with one attached hydrogen (secondary N) is 2. The van der Waals surface area contributed by atoms with Crippen LogP contribution in [-0.2, 0) is 6.54 Å². The molecule has 2 heterocycles. The van der Waals surface area contributed by atoms with E-state index in [4.69, 9.17) is 0 Å². The highest BCUT2D eigenvalue weighted by Crippen LogP contribution is 2.27. The number of anilines is 2. The lowest BCUT2D eigenvalue weighted by Gasteiger charge is -2.21. The van der Waals surface area contributed by atoms with Crippen LogP contribution in [0, 0.1) is 16.0 Å². The third kappa shape index (κ3) is 4.59. The number of fused-ring (bicyclic) bond motifs is 1. The molecular formula is C21H24N6O2. The molecule has 3 aromatic rings. The second-order valence-corrected chi connectivity index (χ2v) is 7.41. The molecule has 8 heteroatoms. The predicted molar refractivity (Wildman–Crippen MR) is 113 cm³/mol. The zero-order chi connectivity index (χ0) is 20.1. The fourth-order valence-corrected chi connectivity index (χ4v) is 3.85. The van der Waals surface area contributed by atoms with Crippen molar-refractivity contribution in [2.45, 2.75) is 38.6 Å². The summed E-state index contributed by atoms with van der Waals surface area (Å²) in [5.74, 6) is 1.18. The maximum absolute atomic E-state index is 11.4. The number of nitrogens with zero attached hydrogens (tertiary/aromatic N) is 4. The van der Waals surface area contributed by atoms with Crippen molar-refractivity contribution in [1.82, 2.24) is 15.0 Å². The number of hydrogen-bond donors (Lipinski definition) is 2. The smallest absolute Gasteiger partial charge is 0.329 e. The predicted octanol–water partition coefficient (Wildman–Crippen LogP) is 4.54. The molecule has 0 atom stereocenters. The number of nitro groups is 1. The molecule has 1 saturated carbocycles. The van der Waals surface area contributed by atoms with Gasteiger partial charge in [0.05, 0.1) is 10.4 Å².